The highest BCUT2D eigenvalue weighted by molar-refractivity contribution is 4.90. The zero-order valence-corrected chi connectivity index (χ0v) is 13.9. The molecule has 0 bridgehead atoms. The van der Waals surface area contributed by atoms with Crippen LogP contribution in [-0.2, 0) is 4.74 Å². The van der Waals surface area contributed by atoms with Crippen LogP contribution in [0.25, 0.3) is 0 Å². The summed E-state index contributed by atoms with van der Waals surface area (Å²) in [5.74, 6) is 2.52. The van der Waals surface area contributed by atoms with Crippen molar-refractivity contribution in [3.8, 4) is 0 Å². The van der Waals surface area contributed by atoms with Crippen molar-refractivity contribution in [1.82, 2.24) is 10.2 Å². The monoisotopic (exact) mass is 282 g/mol. The van der Waals surface area contributed by atoms with E-state index in [4.69, 9.17) is 4.74 Å². The Morgan fingerprint density at radius 1 is 1.20 bits per heavy atom. The highest BCUT2D eigenvalue weighted by Gasteiger charge is 2.36. The molecular formula is C17H34N2O. The molecule has 0 aromatic rings. The van der Waals surface area contributed by atoms with Crippen LogP contribution in [0.4, 0.5) is 0 Å². The van der Waals surface area contributed by atoms with Crippen LogP contribution < -0.4 is 5.32 Å². The summed E-state index contributed by atoms with van der Waals surface area (Å²) in [6.45, 7) is 11.4. The fourth-order valence-electron chi connectivity index (χ4n) is 4.50. The van der Waals surface area contributed by atoms with Gasteiger partial charge in [-0.2, -0.15) is 0 Å². The molecule has 20 heavy (non-hydrogen) atoms. The number of morpholine rings is 1. The number of hydrogen-bond donors (Lipinski definition) is 1. The van der Waals surface area contributed by atoms with Gasteiger partial charge in [-0.15, -0.1) is 0 Å². The molecule has 2 rings (SSSR count). The van der Waals surface area contributed by atoms with Crippen LogP contribution in [0.3, 0.4) is 0 Å². The third-order valence-electron chi connectivity index (χ3n) is 5.17. The van der Waals surface area contributed by atoms with E-state index in [0.717, 1.165) is 37.5 Å². The molecule has 1 heterocycles. The summed E-state index contributed by atoms with van der Waals surface area (Å²) in [4.78, 5) is 2.58. The van der Waals surface area contributed by atoms with Crippen LogP contribution >= 0.6 is 0 Å². The van der Waals surface area contributed by atoms with E-state index in [9.17, 15) is 0 Å². The van der Waals surface area contributed by atoms with Gasteiger partial charge in [-0.1, -0.05) is 20.8 Å². The molecule has 3 nitrogen and oxygen atoms in total. The second kappa shape index (κ2) is 7.77. The maximum Gasteiger partial charge on any atom is 0.0857 e. The van der Waals surface area contributed by atoms with Crippen LogP contribution in [-0.4, -0.2) is 50.3 Å². The fraction of sp³-hybridized carbons (Fsp3) is 1.00. The minimum Gasteiger partial charge on any atom is -0.374 e. The van der Waals surface area contributed by atoms with Gasteiger partial charge < -0.3 is 10.1 Å². The Labute approximate surface area is 125 Å². The zero-order chi connectivity index (χ0) is 14.5. The van der Waals surface area contributed by atoms with Gasteiger partial charge in [0.25, 0.3) is 0 Å². The van der Waals surface area contributed by atoms with Crippen molar-refractivity contribution in [3.63, 3.8) is 0 Å². The Balaban J connectivity index is 1.96. The Morgan fingerprint density at radius 3 is 2.50 bits per heavy atom. The van der Waals surface area contributed by atoms with E-state index < -0.39 is 0 Å². The largest absolute Gasteiger partial charge is 0.374 e. The van der Waals surface area contributed by atoms with Gasteiger partial charge >= 0.3 is 0 Å². The molecule has 1 N–H and O–H groups in total. The van der Waals surface area contributed by atoms with Crippen LogP contribution in [0.2, 0.25) is 0 Å². The van der Waals surface area contributed by atoms with Crippen molar-refractivity contribution >= 4 is 0 Å². The second-order valence-corrected chi connectivity index (χ2v) is 7.20. The first-order chi connectivity index (χ1) is 9.63. The van der Waals surface area contributed by atoms with Crippen LogP contribution in [0.5, 0.6) is 0 Å². The lowest BCUT2D eigenvalue weighted by atomic mass is 9.72. The first kappa shape index (κ1) is 16.3. The van der Waals surface area contributed by atoms with Crippen molar-refractivity contribution in [3.05, 3.63) is 0 Å². The summed E-state index contributed by atoms with van der Waals surface area (Å²) < 4.78 is 6.13. The SMILES string of the molecule is CCCN1CCOC(C(NC)C2CC(C)CC(C)C2)C1. The molecule has 0 spiro atoms. The van der Waals surface area contributed by atoms with Crippen molar-refractivity contribution in [2.24, 2.45) is 17.8 Å². The van der Waals surface area contributed by atoms with Gasteiger partial charge in [-0.05, 0) is 57.0 Å². The topological polar surface area (TPSA) is 24.5 Å². The number of likely N-dealkylation sites (N-methyl/N-ethyl adjacent to an activating group) is 1. The van der Waals surface area contributed by atoms with E-state index in [1.54, 1.807) is 0 Å². The molecule has 0 aromatic carbocycles. The molecule has 1 saturated carbocycles. The third kappa shape index (κ3) is 4.19. The van der Waals surface area contributed by atoms with Crippen LogP contribution in [0, 0.1) is 17.8 Å². The third-order valence-corrected chi connectivity index (χ3v) is 5.17. The summed E-state index contributed by atoms with van der Waals surface area (Å²) in [6.07, 6.45) is 5.75. The van der Waals surface area contributed by atoms with E-state index in [1.165, 1.54) is 32.2 Å². The van der Waals surface area contributed by atoms with Gasteiger partial charge in [0.2, 0.25) is 0 Å². The minimum absolute atomic E-state index is 0.378. The Kier molecular flexibility index (Phi) is 6.31. The highest BCUT2D eigenvalue weighted by atomic mass is 16.5. The molecule has 4 atom stereocenters. The molecule has 1 saturated heterocycles. The molecule has 4 unspecified atom stereocenters. The Morgan fingerprint density at radius 2 is 1.90 bits per heavy atom. The predicted octanol–water partition coefficient (Wildman–Crippen LogP) is 2.76. The normalized spacial score (nSPS) is 37.8. The molecule has 118 valence electrons. The Bertz CT molecular complexity index is 272. The maximum absolute atomic E-state index is 6.13. The lowest BCUT2D eigenvalue weighted by Crippen LogP contribution is -2.55. The van der Waals surface area contributed by atoms with Crippen LogP contribution in [0.1, 0.15) is 46.5 Å². The summed E-state index contributed by atoms with van der Waals surface area (Å²) in [7, 11) is 2.12. The molecule has 1 aliphatic carbocycles. The van der Waals surface area contributed by atoms with E-state index in [0.29, 0.717) is 12.1 Å². The molecule has 1 aliphatic heterocycles. The van der Waals surface area contributed by atoms with Gasteiger partial charge in [0.1, 0.15) is 0 Å². The van der Waals surface area contributed by atoms with Crippen molar-refractivity contribution in [2.75, 3.05) is 33.3 Å². The quantitative estimate of drug-likeness (QED) is 0.839. The summed E-state index contributed by atoms with van der Waals surface area (Å²) in [6, 6.07) is 0.528. The van der Waals surface area contributed by atoms with Gasteiger partial charge in [-0.3, -0.25) is 4.90 Å². The molecule has 0 amide bonds. The molecule has 3 heteroatoms. The smallest absolute Gasteiger partial charge is 0.0857 e. The standard InChI is InChI=1S/C17H34N2O/c1-5-6-19-7-8-20-16(12-19)17(18-4)15-10-13(2)9-14(3)11-15/h13-18H,5-12H2,1-4H3. The van der Waals surface area contributed by atoms with E-state index in [1.807, 2.05) is 0 Å². The first-order valence-corrected chi connectivity index (χ1v) is 8.65. The summed E-state index contributed by atoms with van der Waals surface area (Å²) in [5, 5.41) is 3.59. The molecule has 2 fully saturated rings. The average molecular weight is 282 g/mol. The second-order valence-electron chi connectivity index (χ2n) is 7.20. The van der Waals surface area contributed by atoms with Crippen molar-refractivity contribution < 1.29 is 4.74 Å². The average Bonchev–Trinajstić information content (AvgIpc) is 2.39. The number of nitrogens with one attached hydrogen (secondary N) is 1. The lowest BCUT2D eigenvalue weighted by Gasteiger charge is -2.43. The van der Waals surface area contributed by atoms with Gasteiger partial charge in [0, 0.05) is 19.1 Å². The number of hydrogen-bond acceptors (Lipinski definition) is 3. The van der Waals surface area contributed by atoms with Gasteiger partial charge in [-0.25, -0.2) is 0 Å². The first-order valence-electron chi connectivity index (χ1n) is 8.65. The van der Waals surface area contributed by atoms with Gasteiger partial charge in [0.05, 0.1) is 12.7 Å². The number of nitrogens with zero attached hydrogens (tertiary/aromatic N) is 1. The molecule has 2 aliphatic rings. The van der Waals surface area contributed by atoms with E-state index >= 15 is 0 Å². The van der Waals surface area contributed by atoms with Crippen LogP contribution in [0.15, 0.2) is 0 Å². The minimum atomic E-state index is 0.378. The van der Waals surface area contributed by atoms with Crippen molar-refractivity contribution in [2.45, 2.75) is 58.6 Å². The Hall–Kier alpha value is -0.120. The molecule has 0 aromatic heterocycles. The highest BCUT2D eigenvalue weighted by Crippen LogP contribution is 2.36. The van der Waals surface area contributed by atoms with E-state index in [2.05, 4.69) is 38.0 Å². The van der Waals surface area contributed by atoms with Gasteiger partial charge in [0.15, 0.2) is 0 Å². The molecule has 0 radical (unpaired) electrons. The zero-order valence-electron chi connectivity index (χ0n) is 13.9. The lowest BCUT2D eigenvalue weighted by molar-refractivity contribution is -0.0612. The summed E-state index contributed by atoms with van der Waals surface area (Å²) in [5.41, 5.74) is 0. The maximum atomic E-state index is 6.13. The van der Waals surface area contributed by atoms with E-state index in [-0.39, 0.29) is 0 Å². The summed E-state index contributed by atoms with van der Waals surface area (Å²) >= 11 is 0. The number of ether oxygens (including phenoxy) is 1. The van der Waals surface area contributed by atoms with Crippen molar-refractivity contribution in [1.29, 1.82) is 0 Å². The fourth-order valence-corrected chi connectivity index (χ4v) is 4.50. The molecular weight excluding hydrogens is 248 g/mol. The predicted molar refractivity (Wildman–Crippen MR) is 85.0 cm³/mol. The number of rotatable bonds is 5.